The maximum Gasteiger partial charge on any atom is 0.117 e. The van der Waals surface area contributed by atoms with Gasteiger partial charge in [0, 0.05) is 22.9 Å². The van der Waals surface area contributed by atoms with Crippen molar-refractivity contribution >= 4 is 11.6 Å². The molecule has 1 aliphatic carbocycles. The van der Waals surface area contributed by atoms with Crippen LogP contribution in [-0.2, 0) is 0 Å². The van der Waals surface area contributed by atoms with Crippen LogP contribution in [0.25, 0.3) is 0 Å². The fourth-order valence-corrected chi connectivity index (χ4v) is 4.03. The number of hydrogen-bond acceptors (Lipinski definition) is 1. The summed E-state index contributed by atoms with van der Waals surface area (Å²) in [6.45, 7) is 1.02. The van der Waals surface area contributed by atoms with Crippen LogP contribution in [0.1, 0.15) is 43.7 Å². The maximum atomic E-state index is 10.8. The Morgan fingerprint density at radius 1 is 1.28 bits per heavy atom. The third kappa shape index (κ3) is 2.18. The van der Waals surface area contributed by atoms with Crippen LogP contribution in [0, 0.1) is 5.92 Å². The predicted octanol–water partition coefficient (Wildman–Crippen LogP) is 2.27. The van der Waals surface area contributed by atoms with Crippen LogP contribution in [0.4, 0.5) is 0 Å². The number of piperidine rings is 1. The first-order chi connectivity index (χ1) is 8.69. The van der Waals surface area contributed by atoms with Gasteiger partial charge in [0.15, 0.2) is 0 Å². The molecule has 2 aliphatic rings. The van der Waals surface area contributed by atoms with Gasteiger partial charge in [-0.2, -0.15) is 0 Å². The lowest BCUT2D eigenvalue weighted by molar-refractivity contribution is -0.719. The molecule has 2 fully saturated rings. The van der Waals surface area contributed by atoms with Crippen LogP contribution in [0.2, 0.25) is 5.02 Å². The Hall–Kier alpha value is -0.570. The molecule has 3 atom stereocenters. The van der Waals surface area contributed by atoms with Gasteiger partial charge in [-0.25, -0.2) is 0 Å². The fourth-order valence-electron chi connectivity index (χ4n) is 3.83. The highest BCUT2D eigenvalue weighted by Gasteiger charge is 2.48. The Morgan fingerprint density at radius 3 is 3.00 bits per heavy atom. The van der Waals surface area contributed by atoms with Crippen LogP contribution in [-0.4, -0.2) is 17.3 Å². The van der Waals surface area contributed by atoms with E-state index in [-0.39, 0.29) is 0 Å². The Morgan fingerprint density at radius 2 is 2.17 bits per heavy atom. The van der Waals surface area contributed by atoms with E-state index in [9.17, 15) is 5.11 Å². The summed E-state index contributed by atoms with van der Waals surface area (Å²) < 4.78 is 0. The van der Waals surface area contributed by atoms with E-state index >= 15 is 0 Å². The van der Waals surface area contributed by atoms with E-state index in [1.807, 2.05) is 12.1 Å². The Labute approximate surface area is 113 Å². The summed E-state index contributed by atoms with van der Waals surface area (Å²) in [5.74, 6) is 0.387. The van der Waals surface area contributed by atoms with E-state index in [2.05, 4.69) is 17.4 Å². The Balaban J connectivity index is 1.91. The molecule has 98 valence electrons. The molecule has 1 saturated heterocycles. The second kappa shape index (κ2) is 4.84. The van der Waals surface area contributed by atoms with Crippen molar-refractivity contribution in [3.63, 3.8) is 0 Å². The summed E-state index contributed by atoms with van der Waals surface area (Å²) in [6.07, 6.45) is 5.48. The van der Waals surface area contributed by atoms with E-state index in [0.717, 1.165) is 30.8 Å². The van der Waals surface area contributed by atoms with Crippen LogP contribution in [0.3, 0.4) is 0 Å². The number of nitrogens with two attached hydrogens (primary N) is 1. The minimum absolute atomic E-state index is 0.378. The zero-order valence-corrected chi connectivity index (χ0v) is 11.4. The molecule has 3 N–H and O–H groups in total. The van der Waals surface area contributed by atoms with Gasteiger partial charge in [-0.1, -0.05) is 36.6 Å². The minimum atomic E-state index is -0.431. The van der Waals surface area contributed by atoms with Gasteiger partial charge >= 0.3 is 0 Å². The van der Waals surface area contributed by atoms with E-state index in [1.165, 1.54) is 18.4 Å². The first-order valence-corrected chi connectivity index (χ1v) is 7.38. The molecular weight excluding hydrogens is 246 g/mol. The molecule has 0 radical (unpaired) electrons. The van der Waals surface area contributed by atoms with Crippen molar-refractivity contribution in [3.05, 3.63) is 34.9 Å². The molecule has 18 heavy (non-hydrogen) atoms. The fraction of sp³-hybridized carbons (Fsp3) is 0.600. The topological polar surface area (TPSA) is 36.8 Å². The summed E-state index contributed by atoms with van der Waals surface area (Å²) in [6, 6.07) is 8.52. The highest BCUT2D eigenvalue weighted by atomic mass is 35.5. The molecule has 2 nitrogen and oxygen atoms in total. The van der Waals surface area contributed by atoms with Crippen molar-refractivity contribution in [1.82, 2.24) is 0 Å². The highest BCUT2D eigenvalue weighted by molar-refractivity contribution is 6.30. The van der Waals surface area contributed by atoms with Crippen LogP contribution in [0.5, 0.6) is 0 Å². The Bertz CT molecular complexity index is 432. The van der Waals surface area contributed by atoms with Gasteiger partial charge in [0.2, 0.25) is 0 Å². The molecule has 1 aromatic carbocycles. The van der Waals surface area contributed by atoms with E-state index < -0.39 is 5.60 Å². The van der Waals surface area contributed by atoms with Crippen LogP contribution < -0.4 is 5.32 Å². The second-order valence-electron chi connectivity index (χ2n) is 5.81. The summed E-state index contributed by atoms with van der Waals surface area (Å²) in [4.78, 5) is 0. The van der Waals surface area contributed by atoms with E-state index in [0.29, 0.717) is 12.0 Å². The van der Waals surface area contributed by atoms with Gasteiger partial charge in [-0.3, -0.25) is 0 Å². The predicted molar refractivity (Wildman–Crippen MR) is 72.5 cm³/mol. The zero-order chi connectivity index (χ0) is 12.6. The van der Waals surface area contributed by atoms with Crippen molar-refractivity contribution in [3.8, 4) is 0 Å². The summed E-state index contributed by atoms with van der Waals surface area (Å²) >= 11 is 6.10. The normalized spacial score (nSPS) is 36.1. The molecule has 0 unspecified atom stereocenters. The molecule has 3 rings (SSSR count). The van der Waals surface area contributed by atoms with Crippen molar-refractivity contribution in [1.29, 1.82) is 0 Å². The molecule has 0 amide bonds. The molecule has 0 aromatic heterocycles. The van der Waals surface area contributed by atoms with Gasteiger partial charge in [0.1, 0.15) is 6.04 Å². The second-order valence-corrected chi connectivity index (χ2v) is 6.25. The largest absolute Gasteiger partial charge is 0.389 e. The highest BCUT2D eigenvalue weighted by Crippen LogP contribution is 2.43. The number of hydrogen-bond donors (Lipinski definition) is 2. The summed E-state index contributed by atoms with van der Waals surface area (Å²) in [7, 11) is 0. The van der Waals surface area contributed by atoms with E-state index in [4.69, 9.17) is 11.6 Å². The SMILES string of the molecule is O[C@]12CCCC[C@H]1[C@@H](c1cccc(Cl)c1)[NH2+]CC2. The van der Waals surface area contributed by atoms with Gasteiger partial charge in [0.25, 0.3) is 0 Å². The quantitative estimate of drug-likeness (QED) is 0.804. The molecule has 1 aromatic rings. The molecule has 1 aliphatic heterocycles. The first-order valence-electron chi connectivity index (χ1n) is 7.00. The third-order valence-corrected chi connectivity index (χ3v) is 4.97. The van der Waals surface area contributed by atoms with Crippen molar-refractivity contribution in [2.45, 2.75) is 43.7 Å². The van der Waals surface area contributed by atoms with Gasteiger partial charge in [-0.05, 0) is 25.0 Å². The lowest BCUT2D eigenvalue weighted by Crippen LogP contribution is -2.91. The van der Waals surface area contributed by atoms with E-state index in [1.54, 1.807) is 0 Å². The van der Waals surface area contributed by atoms with Crippen molar-refractivity contribution < 1.29 is 10.4 Å². The standard InChI is InChI=1S/C15H20ClNO/c16-12-5-3-4-11(10-12)14-13-6-1-2-7-15(13,18)8-9-17-14/h3-5,10,13-14,17-18H,1-2,6-9H2/p+1/t13-,14+,15-/m0/s1. The molecule has 3 heteroatoms. The van der Waals surface area contributed by atoms with Crippen LogP contribution >= 0.6 is 11.6 Å². The number of fused-ring (bicyclic) bond motifs is 1. The number of rotatable bonds is 1. The molecule has 0 bridgehead atoms. The number of quaternary nitrogens is 1. The minimum Gasteiger partial charge on any atom is -0.389 e. The first kappa shape index (κ1) is 12.5. The lowest BCUT2D eigenvalue weighted by atomic mass is 9.67. The summed E-state index contributed by atoms with van der Waals surface area (Å²) in [5, 5.41) is 14.0. The summed E-state index contributed by atoms with van der Waals surface area (Å²) in [5.41, 5.74) is 0.840. The van der Waals surface area contributed by atoms with Gasteiger partial charge in [-0.15, -0.1) is 0 Å². The number of benzene rings is 1. The monoisotopic (exact) mass is 266 g/mol. The average molecular weight is 267 g/mol. The van der Waals surface area contributed by atoms with Crippen molar-refractivity contribution in [2.24, 2.45) is 5.92 Å². The van der Waals surface area contributed by atoms with Crippen LogP contribution in [0.15, 0.2) is 24.3 Å². The lowest BCUT2D eigenvalue weighted by Gasteiger charge is -2.46. The maximum absolute atomic E-state index is 10.8. The van der Waals surface area contributed by atoms with Gasteiger partial charge < -0.3 is 10.4 Å². The van der Waals surface area contributed by atoms with Gasteiger partial charge in [0.05, 0.1) is 12.1 Å². The zero-order valence-electron chi connectivity index (χ0n) is 10.6. The number of halogens is 1. The molecule has 0 spiro atoms. The Kier molecular flexibility index (Phi) is 3.35. The number of aliphatic hydroxyl groups is 1. The molecule has 1 saturated carbocycles. The van der Waals surface area contributed by atoms with Crippen molar-refractivity contribution in [2.75, 3.05) is 6.54 Å². The molecular formula is C15H21ClNO+. The smallest absolute Gasteiger partial charge is 0.117 e. The molecule has 1 heterocycles. The average Bonchev–Trinajstić information content (AvgIpc) is 2.37. The third-order valence-electron chi connectivity index (χ3n) is 4.73.